The Morgan fingerprint density at radius 1 is 1.07 bits per heavy atom. The number of rotatable bonds is 4. The van der Waals surface area contributed by atoms with Crippen molar-refractivity contribution in [3.05, 3.63) is 54.6 Å². The van der Waals surface area contributed by atoms with Crippen molar-refractivity contribution < 1.29 is 9.18 Å². The fourth-order valence-electron chi connectivity index (χ4n) is 3.26. The Morgan fingerprint density at radius 3 is 2.37 bits per heavy atom. The first-order valence-corrected chi connectivity index (χ1v) is 9.02. The fraction of sp³-hybridized carbons (Fsp3) is 0.250. The molecule has 0 bridgehead atoms. The predicted molar refractivity (Wildman–Crippen MR) is 119 cm³/mol. The van der Waals surface area contributed by atoms with Crippen molar-refractivity contribution in [1.29, 1.82) is 0 Å². The lowest BCUT2D eigenvalue weighted by molar-refractivity contribution is -0.131. The minimum atomic E-state index is -0.295. The molecule has 3 aromatic rings. The van der Waals surface area contributed by atoms with E-state index in [-0.39, 0.29) is 36.5 Å². The number of hydrazine groups is 1. The number of benzene rings is 1. The van der Waals surface area contributed by atoms with Gasteiger partial charge in [-0.25, -0.2) is 9.07 Å². The highest BCUT2D eigenvalue weighted by molar-refractivity contribution is 5.90. The van der Waals surface area contributed by atoms with Crippen molar-refractivity contribution in [3.63, 3.8) is 0 Å². The molecule has 160 valence electrons. The molecule has 0 saturated heterocycles. The maximum absolute atomic E-state index is 13.4. The van der Waals surface area contributed by atoms with Crippen molar-refractivity contribution >= 4 is 36.5 Å². The van der Waals surface area contributed by atoms with E-state index in [9.17, 15) is 9.18 Å². The summed E-state index contributed by atoms with van der Waals surface area (Å²) in [4.78, 5) is 18.4. The van der Waals surface area contributed by atoms with E-state index in [0.717, 1.165) is 28.2 Å². The topological polar surface area (TPSA) is 66.3 Å². The molecule has 1 N–H and O–H groups in total. The zero-order valence-electron chi connectivity index (χ0n) is 16.6. The van der Waals surface area contributed by atoms with Gasteiger partial charge in [0.05, 0.1) is 25.2 Å². The van der Waals surface area contributed by atoms with Crippen LogP contribution in [0.15, 0.2) is 48.8 Å². The van der Waals surface area contributed by atoms with Crippen LogP contribution in [-0.4, -0.2) is 57.8 Å². The molecule has 0 spiro atoms. The standard InChI is InChI=1S/C20H21FN6O.2ClH/c1-25(2)13-17(28)26-11-12-27-20(24-26)18(14-7-9-22-10-8-14)19(23-27)15-3-5-16(21)6-4-15;;/h3-10,24H,11-13H2,1-2H3;2*1H. The van der Waals surface area contributed by atoms with E-state index < -0.39 is 0 Å². The number of nitrogens with one attached hydrogen (secondary N) is 1. The molecule has 1 aromatic carbocycles. The lowest BCUT2D eigenvalue weighted by atomic mass is 10.0. The molecule has 0 atom stereocenters. The van der Waals surface area contributed by atoms with Gasteiger partial charge in [-0.2, -0.15) is 5.10 Å². The molecule has 1 aliphatic rings. The molecule has 4 rings (SSSR count). The Hall–Kier alpha value is -2.68. The summed E-state index contributed by atoms with van der Waals surface area (Å²) >= 11 is 0. The summed E-state index contributed by atoms with van der Waals surface area (Å²) in [6.45, 7) is 1.40. The van der Waals surface area contributed by atoms with Gasteiger partial charge in [0.15, 0.2) is 5.82 Å². The maximum atomic E-state index is 13.4. The number of anilines is 1. The van der Waals surface area contributed by atoms with Gasteiger partial charge in [0.25, 0.3) is 5.91 Å². The first kappa shape index (κ1) is 23.6. The quantitative estimate of drug-likeness (QED) is 0.657. The molecule has 30 heavy (non-hydrogen) atoms. The van der Waals surface area contributed by atoms with Crippen LogP contribution in [0.5, 0.6) is 0 Å². The van der Waals surface area contributed by atoms with Crippen molar-refractivity contribution in [2.45, 2.75) is 6.54 Å². The van der Waals surface area contributed by atoms with Crippen LogP contribution in [0.2, 0.25) is 0 Å². The van der Waals surface area contributed by atoms with E-state index in [1.165, 1.54) is 12.1 Å². The number of nitrogens with zero attached hydrogens (tertiary/aromatic N) is 5. The molecule has 10 heteroatoms. The summed E-state index contributed by atoms with van der Waals surface area (Å²) in [7, 11) is 3.72. The van der Waals surface area contributed by atoms with Crippen LogP contribution in [0.4, 0.5) is 10.2 Å². The molecule has 7 nitrogen and oxygen atoms in total. The van der Waals surface area contributed by atoms with Gasteiger partial charge in [-0.3, -0.25) is 20.2 Å². The summed E-state index contributed by atoms with van der Waals surface area (Å²) in [5, 5.41) is 6.37. The second-order valence-electron chi connectivity index (χ2n) is 6.93. The average molecular weight is 453 g/mol. The molecule has 3 heterocycles. The Balaban J connectivity index is 0.00000160. The number of fused-ring (bicyclic) bond motifs is 1. The first-order chi connectivity index (χ1) is 13.5. The van der Waals surface area contributed by atoms with E-state index in [0.29, 0.717) is 19.6 Å². The molecular formula is C20H23Cl2FN6O. The zero-order chi connectivity index (χ0) is 19.7. The van der Waals surface area contributed by atoms with Crippen LogP contribution in [-0.2, 0) is 11.3 Å². The summed E-state index contributed by atoms with van der Waals surface area (Å²) in [5.41, 5.74) is 6.55. The number of pyridine rings is 1. The molecule has 1 aliphatic heterocycles. The fourth-order valence-corrected chi connectivity index (χ4v) is 3.26. The number of carbonyl (C=O) groups is 1. The highest BCUT2D eigenvalue weighted by atomic mass is 35.5. The molecule has 1 amide bonds. The van der Waals surface area contributed by atoms with E-state index >= 15 is 0 Å². The number of aromatic nitrogens is 3. The third-order valence-corrected chi connectivity index (χ3v) is 4.57. The van der Waals surface area contributed by atoms with E-state index in [1.54, 1.807) is 29.5 Å². The van der Waals surface area contributed by atoms with Crippen LogP contribution < -0.4 is 5.43 Å². The molecule has 0 unspecified atom stereocenters. The number of carbonyl (C=O) groups excluding carboxylic acids is 1. The minimum absolute atomic E-state index is 0. The second-order valence-corrected chi connectivity index (χ2v) is 6.93. The third-order valence-electron chi connectivity index (χ3n) is 4.57. The highest BCUT2D eigenvalue weighted by Gasteiger charge is 2.27. The van der Waals surface area contributed by atoms with Gasteiger partial charge in [0.2, 0.25) is 0 Å². The van der Waals surface area contributed by atoms with Crippen LogP contribution in [0, 0.1) is 5.82 Å². The SMILES string of the molecule is CN(C)CC(=O)N1CCn2nc(-c3ccc(F)cc3)c(-c3ccncc3)c2N1.Cl.Cl. The van der Waals surface area contributed by atoms with Crippen molar-refractivity contribution in [1.82, 2.24) is 24.7 Å². The average Bonchev–Trinajstić information content (AvgIpc) is 3.07. The summed E-state index contributed by atoms with van der Waals surface area (Å²) in [6, 6.07) is 10.1. The maximum Gasteiger partial charge on any atom is 0.255 e. The summed E-state index contributed by atoms with van der Waals surface area (Å²) in [5.74, 6) is 0.433. The van der Waals surface area contributed by atoms with Gasteiger partial charge < -0.3 is 4.90 Å². The summed E-state index contributed by atoms with van der Waals surface area (Å²) < 4.78 is 15.3. The number of hydrogen-bond acceptors (Lipinski definition) is 5. The van der Waals surface area contributed by atoms with Gasteiger partial charge >= 0.3 is 0 Å². The van der Waals surface area contributed by atoms with Gasteiger partial charge in [-0.1, -0.05) is 0 Å². The number of likely N-dealkylation sites (N-methyl/N-ethyl adjacent to an activating group) is 1. The Bertz CT molecular complexity index is 995. The summed E-state index contributed by atoms with van der Waals surface area (Å²) in [6.07, 6.45) is 3.43. The highest BCUT2D eigenvalue weighted by Crippen LogP contribution is 2.38. The van der Waals surface area contributed by atoms with Crippen molar-refractivity contribution in [3.8, 4) is 22.4 Å². The monoisotopic (exact) mass is 452 g/mol. The Labute approximate surface area is 186 Å². The van der Waals surface area contributed by atoms with Gasteiger partial charge in [-0.05, 0) is 56.1 Å². The molecule has 2 aromatic heterocycles. The van der Waals surface area contributed by atoms with Crippen LogP contribution in [0.3, 0.4) is 0 Å². The van der Waals surface area contributed by atoms with Crippen molar-refractivity contribution in [2.75, 3.05) is 32.6 Å². The predicted octanol–water partition coefficient (Wildman–Crippen LogP) is 3.33. The molecule has 0 fully saturated rings. The largest absolute Gasteiger partial charge is 0.301 e. The van der Waals surface area contributed by atoms with Crippen LogP contribution in [0.1, 0.15) is 0 Å². The molecule has 0 saturated carbocycles. The van der Waals surface area contributed by atoms with Crippen LogP contribution >= 0.6 is 24.8 Å². The number of amides is 1. The number of hydrogen-bond donors (Lipinski definition) is 1. The lowest BCUT2D eigenvalue weighted by Crippen LogP contribution is -2.46. The minimum Gasteiger partial charge on any atom is -0.301 e. The molecule has 0 radical (unpaired) electrons. The van der Waals surface area contributed by atoms with Gasteiger partial charge in [-0.15, -0.1) is 24.8 Å². The van der Waals surface area contributed by atoms with E-state index in [2.05, 4.69) is 10.4 Å². The number of halogens is 3. The first-order valence-electron chi connectivity index (χ1n) is 9.02. The smallest absolute Gasteiger partial charge is 0.255 e. The van der Waals surface area contributed by atoms with E-state index in [4.69, 9.17) is 5.10 Å². The zero-order valence-corrected chi connectivity index (χ0v) is 18.2. The Kier molecular flexibility index (Phi) is 7.77. The normalized spacial score (nSPS) is 12.5. The third kappa shape index (κ3) is 4.72. The van der Waals surface area contributed by atoms with Gasteiger partial charge in [0.1, 0.15) is 11.5 Å². The van der Waals surface area contributed by atoms with Crippen LogP contribution in [0.25, 0.3) is 22.4 Å². The lowest BCUT2D eigenvalue weighted by Gasteiger charge is -2.30. The van der Waals surface area contributed by atoms with E-state index in [1.807, 2.05) is 35.8 Å². The second kappa shape index (κ2) is 9.88. The van der Waals surface area contributed by atoms with Gasteiger partial charge in [0, 0.05) is 18.0 Å². The molecular weight excluding hydrogens is 430 g/mol. The Morgan fingerprint density at radius 2 is 1.73 bits per heavy atom. The van der Waals surface area contributed by atoms with Crippen molar-refractivity contribution in [2.24, 2.45) is 0 Å². The molecule has 0 aliphatic carbocycles.